The molecule has 1 radical (unpaired) electrons. The van der Waals surface area contributed by atoms with Gasteiger partial charge in [0.2, 0.25) is 0 Å². The summed E-state index contributed by atoms with van der Waals surface area (Å²) in [6.07, 6.45) is 0. The average molecular weight is 191 g/mol. The first-order valence-electron chi connectivity index (χ1n) is 2.36. The summed E-state index contributed by atoms with van der Waals surface area (Å²) in [6.45, 7) is 2.27. The molecule has 10 heavy (non-hydrogen) atoms. The zero-order chi connectivity index (χ0) is 7.65. The minimum absolute atomic E-state index is 0. The van der Waals surface area contributed by atoms with E-state index in [0.29, 0.717) is 0 Å². The Labute approximate surface area is 68.4 Å². The van der Waals surface area contributed by atoms with Crippen molar-refractivity contribution in [1.82, 2.24) is 0 Å². The Hall–Kier alpha value is -0.554. The summed E-state index contributed by atoms with van der Waals surface area (Å²) in [7, 11) is 0. The van der Waals surface area contributed by atoms with Gasteiger partial charge in [-0.2, -0.15) is 0 Å². The molecule has 0 aliphatic carbocycles. The zero-order valence-electron chi connectivity index (χ0n) is 5.54. The van der Waals surface area contributed by atoms with E-state index in [2.05, 4.69) is 0 Å². The molecule has 0 atom stereocenters. The Morgan fingerprint density at radius 3 is 1.30 bits per heavy atom. The van der Waals surface area contributed by atoms with Crippen molar-refractivity contribution in [2.75, 3.05) is 0 Å². The molecule has 5 heteroatoms. The molecular formula is C5H8CoO4. The molecule has 61 valence electrons. The van der Waals surface area contributed by atoms with Crippen molar-refractivity contribution in [2.24, 2.45) is 5.41 Å². The average Bonchev–Trinajstić information content (AvgIpc) is 1.65. The monoisotopic (exact) mass is 191 g/mol. The Morgan fingerprint density at radius 1 is 1.10 bits per heavy atom. The number of aliphatic carboxylic acids is 2. The van der Waals surface area contributed by atoms with Crippen LogP contribution in [0.1, 0.15) is 13.8 Å². The van der Waals surface area contributed by atoms with Crippen molar-refractivity contribution in [3.05, 3.63) is 0 Å². The fourth-order valence-corrected chi connectivity index (χ4v) is 0.0915. The quantitative estimate of drug-likeness (QED) is 0.610. The van der Waals surface area contributed by atoms with E-state index in [4.69, 9.17) is 10.2 Å². The summed E-state index contributed by atoms with van der Waals surface area (Å²) < 4.78 is 0. The molecule has 0 aliphatic heterocycles. The van der Waals surface area contributed by atoms with Gasteiger partial charge in [-0.25, -0.2) is 0 Å². The van der Waals surface area contributed by atoms with Gasteiger partial charge in [-0.15, -0.1) is 0 Å². The van der Waals surface area contributed by atoms with Crippen LogP contribution < -0.4 is 0 Å². The molecule has 0 rings (SSSR count). The van der Waals surface area contributed by atoms with Crippen molar-refractivity contribution in [1.29, 1.82) is 0 Å². The molecule has 0 unspecified atom stereocenters. The second-order valence-corrected chi connectivity index (χ2v) is 2.24. The van der Waals surface area contributed by atoms with Gasteiger partial charge in [-0.1, -0.05) is 0 Å². The second-order valence-electron chi connectivity index (χ2n) is 2.24. The maximum Gasteiger partial charge on any atom is 0.320 e. The van der Waals surface area contributed by atoms with Crippen LogP contribution in [0.15, 0.2) is 0 Å². The SMILES string of the molecule is CC(C)(C(=O)O)C(=O)O.[Co]. The van der Waals surface area contributed by atoms with Gasteiger partial charge in [-0.05, 0) is 13.8 Å². The molecular weight excluding hydrogens is 183 g/mol. The molecule has 0 saturated heterocycles. The fraction of sp³-hybridized carbons (Fsp3) is 0.600. The third-order valence-corrected chi connectivity index (χ3v) is 1.07. The number of rotatable bonds is 2. The summed E-state index contributed by atoms with van der Waals surface area (Å²) in [5.41, 5.74) is -1.67. The Balaban J connectivity index is 0. The number of carboxylic acid groups (broad SMARTS) is 2. The first-order chi connectivity index (χ1) is 3.89. The van der Waals surface area contributed by atoms with E-state index in [1.165, 1.54) is 0 Å². The molecule has 0 amide bonds. The second kappa shape index (κ2) is 3.57. The molecule has 0 fully saturated rings. The van der Waals surface area contributed by atoms with Gasteiger partial charge in [0.05, 0.1) is 0 Å². The van der Waals surface area contributed by atoms with Crippen LogP contribution in [0.4, 0.5) is 0 Å². The Morgan fingerprint density at radius 2 is 1.30 bits per heavy atom. The van der Waals surface area contributed by atoms with Gasteiger partial charge >= 0.3 is 11.9 Å². The molecule has 0 saturated carbocycles. The van der Waals surface area contributed by atoms with E-state index in [0.717, 1.165) is 13.8 Å². The summed E-state index contributed by atoms with van der Waals surface area (Å²) in [5.74, 6) is -2.65. The summed E-state index contributed by atoms with van der Waals surface area (Å²) in [6, 6.07) is 0. The predicted octanol–water partition coefficient (Wildman–Crippen LogP) is 0.179. The normalized spacial score (nSPS) is 9.80. The fourth-order valence-electron chi connectivity index (χ4n) is 0.0915. The molecule has 0 aromatic carbocycles. The Kier molecular flexibility index (Phi) is 4.34. The summed E-state index contributed by atoms with van der Waals surface area (Å²) in [5, 5.41) is 16.5. The van der Waals surface area contributed by atoms with E-state index in [1.807, 2.05) is 0 Å². The van der Waals surface area contributed by atoms with Crippen LogP contribution in [-0.2, 0) is 26.4 Å². The van der Waals surface area contributed by atoms with Crippen molar-refractivity contribution >= 4 is 11.9 Å². The van der Waals surface area contributed by atoms with Gasteiger partial charge in [0.1, 0.15) is 0 Å². The first-order valence-corrected chi connectivity index (χ1v) is 2.36. The minimum Gasteiger partial charge on any atom is -0.480 e. The van der Waals surface area contributed by atoms with Crippen LogP contribution in [0, 0.1) is 5.41 Å². The molecule has 0 bridgehead atoms. The van der Waals surface area contributed by atoms with E-state index in [9.17, 15) is 9.59 Å². The van der Waals surface area contributed by atoms with Crippen molar-refractivity contribution in [3.8, 4) is 0 Å². The smallest absolute Gasteiger partial charge is 0.320 e. The molecule has 4 nitrogen and oxygen atoms in total. The number of hydrogen-bond acceptors (Lipinski definition) is 2. The molecule has 0 aromatic rings. The van der Waals surface area contributed by atoms with Crippen LogP contribution in [0.2, 0.25) is 0 Å². The van der Waals surface area contributed by atoms with E-state index in [-0.39, 0.29) is 16.8 Å². The largest absolute Gasteiger partial charge is 0.480 e. The topological polar surface area (TPSA) is 74.6 Å². The van der Waals surface area contributed by atoms with Gasteiger partial charge in [-0.3, -0.25) is 9.59 Å². The third-order valence-electron chi connectivity index (χ3n) is 1.07. The van der Waals surface area contributed by atoms with E-state index < -0.39 is 17.4 Å². The van der Waals surface area contributed by atoms with Crippen LogP contribution in [0.5, 0.6) is 0 Å². The van der Waals surface area contributed by atoms with Crippen LogP contribution >= 0.6 is 0 Å². The van der Waals surface area contributed by atoms with Gasteiger partial charge < -0.3 is 10.2 Å². The molecule has 0 heterocycles. The van der Waals surface area contributed by atoms with Crippen molar-refractivity contribution in [3.63, 3.8) is 0 Å². The Bertz CT molecular complexity index is 136. The summed E-state index contributed by atoms with van der Waals surface area (Å²) >= 11 is 0. The van der Waals surface area contributed by atoms with Crippen LogP contribution in [0.25, 0.3) is 0 Å². The third kappa shape index (κ3) is 2.36. The van der Waals surface area contributed by atoms with Crippen LogP contribution in [-0.4, -0.2) is 22.2 Å². The van der Waals surface area contributed by atoms with Crippen molar-refractivity contribution < 1.29 is 36.6 Å². The standard InChI is InChI=1S/C5H8O4.Co/c1-5(2,3(6)7)4(8)9;/h1-2H3,(H,6,7)(H,8,9);. The molecule has 2 N–H and O–H groups in total. The maximum absolute atomic E-state index is 10.1. The number of carboxylic acids is 2. The van der Waals surface area contributed by atoms with Gasteiger partial charge in [0.15, 0.2) is 5.41 Å². The minimum atomic E-state index is -1.67. The number of carbonyl (C=O) groups is 2. The predicted molar refractivity (Wildman–Crippen MR) is 29.1 cm³/mol. The summed E-state index contributed by atoms with van der Waals surface area (Å²) in [4.78, 5) is 20.2. The van der Waals surface area contributed by atoms with Crippen molar-refractivity contribution in [2.45, 2.75) is 13.8 Å². The molecule has 0 aromatic heterocycles. The number of hydrogen-bond donors (Lipinski definition) is 2. The first kappa shape index (κ1) is 12.2. The van der Waals surface area contributed by atoms with Gasteiger partial charge in [0.25, 0.3) is 0 Å². The zero-order valence-corrected chi connectivity index (χ0v) is 6.59. The van der Waals surface area contributed by atoms with E-state index >= 15 is 0 Å². The van der Waals surface area contributed by atoms with Crippen LogP contribution in [0.3, 0.4) is 0 Å². The molecule has 0 spiro atoms. The molecule has 0 aliphatic rings. The maximum atomic E-state index is 10.1. The van der Waals surface area contributed by atoms with E-state index in [1.54, 1.807) is 0 Å². The van der Waals surface area contributed by atoms with Gasteiger partial charge in [0, 0.05) is 16.8 Å².